The Morgan fingerprint density at radius 2 is 2.00 bits per heavy atom. The van der Waals surface area contributed by atoms with Gasteiger partial charge in [0.05, 0.1) is 19.0 Å². The molecule has 7 nitrogen and oxygen atoms in total. The second-order valence-corrected chi connectivity index (χ2v) is 11.0. The van der Waals surface area contributed by atoms with Gasteiger partial charge >= 0.3 is 5.97 Å². The van der Waals surface area contributed by atoms with Crippen LogP contribution in [0.15, 0.2) is 49.1 Å². The number of anilines is 1. The van der Waals surface area contributed by atoms with Crippen LogP contribution in [0, 0.1) is 5.92 Å². The summed E-state index contributed by atoms with van der Waals surface area (Å²) in [5.74, 6) is 1.29. The lowest BCUT2D eigenvalue weighted by Crippen LogP contribution is -2.26. The van der Waals surface area contributed by atoms with Crippen LogP contribution in [0.2, 0.25) is 0 Å². The Morgan fingerprint density at radius 3 is 2.81 bits per heavy atom. The van der Waals surface area contributed by atoms with Gasteiger partial charge in [-0.15, -0.1) is 0 Å². The van der Waals surface area contributed by atoms with Gasteiger partial charge in [-0.1, -0.05) is 0 Å². The molecule has 0 aliphatic heterocycles. The predicted octanol–water partition coefficient (Wildman–Crippen LogP) is 5.88. The minimum atomic E-state index is -0.211. The van der Waals surface area contributed by atoms with Crippen molar-refractivity contribution in [3.8, 4) is 0 Å². The highest BCUT2D eigenvalue weighted by Crippen LogP contribution is 2.39. The fourth-order valence-electron chi connectivity index (χ4n) is 5.46. The number of nitrogens with one attached hydrogen (secondary N) is 1. The first-order chi connectivity index (χ1) is 17.3. The molecule has 188 valence electrons. The highest BCUT2D eigenvalue weighted by Gasteiger charge is 2.27. The van der Waals surface area contributed by atoms with Crippen LogP contribution in [-0.2, 0) is 22.4 Å². The quantitative estimate of drug-likeness (QED) is 0.329. The molecule has 1 aliphatic rings. The number of aryl methyl sites for hydroxylation is 1. The molecular formula is C29H35N5O2. The molecule has 1 fully saturated rings. The molecule has 2 atom stereocenters. The van der Waals surface area contributed by atoms with E-state index in [2.05, 4.69) is 71.1 Å². The maximum atomic E-state index is 12.2. The average Bonchev–Trinajstić information content (AvgIpc) is 3.48. The smallest absolute Gasteiger partial charge is 0.309 e. The molecule has 0 radical (unpaired) electrons. The van der Waals surface area contributed by atoms with Gasteiger partial charge in [0.15, 0.2) is 0 Å². The topological polar surface area (TPSA) is 81.9 Å². The Morgan fingerprint density at radius 1 is 1.14 bits per heavy atom. The van der Waals surface area contributed by atoms with E-state index < -0.39 is 0 Å². The zero-order chi connectivity index (χ0) is 25.3. The molecule has 1 N–H and O–H groups in total. The lowest BCUT2D eigenvalue weighted by molar-refractivity contribution is -0.139. The van der Waals surface area contributed by atoms with E-state index in [0.29, 0.717) is 12.0 Å². The van der Waals surface area contributed by atoms with Gasteiger partial charge in [-0.2, -0.15) is 0 Å². The number of esters is 1. The van der Waals surface area contributed by atoms with Crippen LogP contribution in [0.3, 0.4) is 0 Å². The van der Waals surface area contributed by atoms with E-state index in [9.17, 15) is 4.79 Å². The monoisotopic (exact) mass is 485 g/mol. The van der Waals surface area contributed by atoms with E-state index in [4.69, 9.17) is 9.72 Å². The van der Waals surface area contributed by atoms with E-state index in [1.165, 1.54) is 19.1 Å². The maximum absolute atomic E-state index is 12.2. The molecule has 3 aromatic heterocycles. The molecule has 0 bridgehead atoms. The molecule has 36 heavy (non-hydrogen) atoms. The summed E-state index contributed by atoms with van der Waals surface area (Å²) >= 11 is 0. The predicted molar refractivity (Wildman–Crippen MR) is 143 cm³/mol. The minimum Gasteiger partial charge on any atom is -0.469 e. The molecule has 0 saturated heterocycles. The molecule has 0 amide bonds. The SMILES string of the molecule is COC(=O)Cc1cc2ccc(NC(C)(C)C)nc2cc1CC[C@@H]1CC[C@H](n2ccc3cncnc32)C1. The van der Waals surface area contributed by atoms with Gasteiger partial charge in [-0.05, 0) is 100 Å². The van der Waals surface area contributed by atoms with Crippen molar-refractivity contribution in [3.63, 3.8) is 0 Å². The zero-order valence-electron chi connectivity index (χ0n) is 21.6. The molecule has 1 aromatic carbocycles. The third-order valence-electron chi connectivity index (χ3n) is 7.18. The first kappa shape index (κ1) is 24.2. The Hall–Kier alpha value is -3.48. The minimum absolute atomic E-state index is 0.0651. The number of rotatable bonds is 7. The summed E-state index contributed by atoms with van der Waals surface area (Å²) in [6.07, 6.45) is 11.5. The zero-order valence-corrected chi connectivity index (χ0v) is 21.6. The molecule has 3 heterocycles. The Bertz CT molecular complexity index is 1390. The van der Waals surface area contributed by atoms with E-state index >= 15 is 0 Å². The second kappa shape index (κ2) is 9.88. The van der Waals surface area contributed by atoms with Crippen molar-refractivity contribution in [1.29, 1.82) is 0 Å². The third kappa shape index (κ3) is 5.35. The lowest BCUT2D eigenvalue weighted by Gasteiger charge is -2.21. The van der Waals surface area contributed by atoms with E-state index in [0.717, 1.165) is 59.0 Å². The molecule has 7 heteroatoms. The number of hydrogen-bond donors (Lipinski definition) is 1. The van der Waals surface area contributed by atoms with Crippen molar-refractivity contribution in [2.24, 2.45) is 5.92 Å². The highest BCUT2D eigenvalue weighted by atomic mass is 16.5. The maximum Gasteiger partial charge on any atom is 0.309 e. The molecule has 4 aromatic rings. The van der Waals surface area contributed by atoms with Gasteiger partial charge in [0.1, 0.15) is 17.8 Å². The van der Waals surface area contributed by atoms with Gasteiger partial charge in [0.2, 0.25) is 0 Å². The summed E-state index contributed by atoms with van der Waals surface area (Å²) in [6.45, 7) is 6.38. The van der Waals surface area contributed by atoms with Crippen molar-refractivity contribution < 1.29 is 9.53 Å². The van der Waals surface area contributed by atoms with Crippen molar-refractivity contribution >= 4 is 33.7 Å². The van der Waals surface area contributed by atoms with E-state index in [1.807, 2.05) is 12.3 Å². The Balaban J connectivity index is 1.34. The fraction of sp³-hybridized carbons (Fsp3) is 0.448. The van der Waals surface area contributed by atoms with Crippen molar-refractivity contribution in [3.05, 3.63) is 60.2 Å². The van der Waals surface area contributed by atoms with Gasteiger partial charge < -0.3 is 14.6 Å². The summed E-state index contributed by atoms with van der Waals surface area (Å²) in [7, 11) is 1.45. The highest BCUT2D eigenvalue weighted by molar-refractivity contribution is 5.84. The summed E-state index contributed by atoms with van der Waals surface area (Å²) in [6, 6.07) is 10.9. The van der Waals surface area contributed by atoms with Crippen LogP contribution in [0.1, 0.15) is 63.6 Å². The Labute approximate surface area is 212 Å². The van der Waals surface area contributed by atoms with Gasteiger partial charge in [0.25, 0.3) is 0 Å². The summed E-state index contributed by atoms with van der Waals surface area (Å²) in [5.41, 5.74) is 4.14. The van der Waals surface area contributed by atoms with Crippen molar-refractivity contribution in [2.75, 3.05) is 12.4 Å². The van der Waals surface area contributed by atoms with Crippen LogP contribution in [0.4, 0.5) is 5.82 Å². The lowest BCUT2D eigenvalue weighted by atomic mass is 9.93. The molecular weight excluding hydrogens is 450 g/mol. The number of methoxy groups -OCH3 is 1. The van der Waals surface area contributed by atoms with Gasteiger partial charge in [-0.25, -0.2) is 15.0 Å². The normalized spacial score (nSPS) is 18.1. The van der Waals surface area contributed by atoms with Crippen LogP contribution in [0.25, 0.3) is 21.9 Å². The number of aromatic nitrogens is 4. The first-order valence-electron chi connectivity index (χ1n) is 12.8. The number of nitrogens with zero attached hydrogens (tertiary/aromatic N) is 4. The number of benzene rings is 1. The van der Waals surface area contributed by atoms with Crippen molar-refractivity contribution in [1.82, 2.24) is 19.5 Å². The second-order valence-electron chi connectivity index (χ2n) is 11.0. The summed E-state index contributed by atoms with van der Waals surface area (Å²) < 4.78 is 7.31. The van der Waals surface area contributed by atoms with Crippen molar-refractivity contribution in [2.45, 2.75) is 70.9 Å². The summed E-state index contributed by atoms with van der Waals surface area (Å²) in [4.78, 5) is 25.7. The van der Waals surface area contributed by atoms with Crippen LogP contribution in [0.5, 0.6) is 0 Å². The molecule has 0 spiro atoms. The van der Waals surface area contributed by atoms with Crippen LogP contribution >= 0.6 is 0 Å². The van der Waals surface area contributed by atoms with Gasteiger partial charge in [0, 0.05) is 34.7 Å². The average molecular weight is 486 g/mol. The van der Waals surface area contributed by atoms with Crippen LogP contribution in [-0.4, -0.2) is 38.1 Å². The number of ether oxygens (including phenoxy) is 1. The van der Waals surface area contributed by atoms with Gasteiger partial charge in [-0.3, -0.25) is 4.79 Å². The number of carbonyl (C=O) groups excluding carboxylic acids is 1. The van der Waals surface area contributed by atoms with Crippen LogP contribution < -0.4 is 5.32 Å². The van der Waals surface area contributed by atoms with E-state index in [-0.39, 0.29) is 17.9 Å². The number of fused-ring (bicyclic) bond motifs is 2. The summed E-state index contributed by atoms with van der Waals surface area (Å²) in [5, 5.41) is 5.60. The fourth-order valence-corrected chi connectivity index (χ4v) is 5.46. The molecule has 0 unspecified atom stereocenters. The number of carbonyl (C=O) groups is 1. The molecule has 5 rings (SSSR count). The number of pyridine rings is 1. The number of hydrogen-bond acceptors (Lipinski definition) is 6. The first-order valence-corrected chi connectivity index (χ1v) is 12.8. The van der Waals surface area contributed by atoms with E-state index in [1.54, 1.807) is 6.33 Å². The Kier molecular flexibility index (Phi) is 6.65. The largest absolute Gasteiger partial charge is 0.469 e. The molecule has 1 saturated carbocycles. The standard InChI is InChI=1S/C29H35N5O2/c1-29(2,3)33-26-10-8-21-14-23(16-27(35)36-4)20(15-25(21)32-26)7-5-19-6-9-24(13-19)34-12-11-22-17-30-18-31-28(22)34/h8,10-12,14-15,17-19,24H,5-7,9,13,16H2,1-4H3,(H,32,33)/t19-,24+/m1/s1. The third-order valence-corrected chi connectivity index (χ3v) is 7.18. The molecule has 1 aliphatic carbocycles.